The first kappa shape index (κ1) is 12.8. The largest absolute Gasteiger partial charge is 0.401 e. The molecule has 0 spiro atoms. The summed E-state index contributed by atoms with van der Waals surface area (Å²) in [5.41, 5.74) is -0.262. The van der Waals surface area contributed by atoms with Crippen molar-refractivity contribution in [3.8, 4) is 0 Å². The Morgan fingerprint density at radius 2 is 2.13 bits per heavy atom. The first-order valence-corrected chi connectivity index (χ1v) is 5.29. The average molecular weight is 225 g/mol. The highest BCUT2D eigenvalue weighted by Gasteiger charge is 2.34. The summed E-state index contributed by atoms with van der Waals surface area (Å²) in [5.74, 6) is 0. The van der Waals surface area contributed by atoms with E-state index >= 15 is 0 Å². The molecule has 0 radical (unpaired) electrons. The second-order valence-electron chi connectivity index (χ2n) is 4.34. The fourth-order valence-electron chi connectivity index (χ4n) is 1.81. The van der Waals surface area contributed by atoms with Gasteiger partial charge in [0.1, 0.15) is 0 Å². The lowest BCUT2D eigenvalue weighted by atomic mass is 9.90. The van der Waals surface area contributed by atoms with E-state index in [0.29, 0.717) is 19.4 Å². The summed E-state index contributed by atoms with van der Waals surface area (Å²) in [6.07, 6.45) is -1.98. The van der Waals surface area contributed by atoms with E-state index in [0.717, 1.165) is 6.42 Å². The van der Waals surface area contributed by atoms with Crippen molar-refractivity contribution in [3.63, 3.8) is 0 Å². The highest BCUT2D eigenvalue weighted by molar-refractivity contribution is 4.85. The first-order chi connectivity index (χ1) is 6.85. The highest BCUT2D eigenvalue weighted by Crippen LogP contribution is 2.28. The molecule has 0 aliphatic carbocycles. The van der Waals surface area contributed by atoms with E-state index in [1.165, 1.54) is 0 Å². The van der Waals surface area contributed by atoms with Crippen molar-refractivity contribution in [2.24, 2.45) is 0 Å². The number of hydrogen-bond donors (Lipinski definition) is 1. The third-order valence-corrected chi connectivity index (χ3v) is 2.93. The zero-order valence-corrected chi connectivity index (χ0v) is 9.16. The van der Waals surface area contributed by atoms with Crippen LogP contribution in [-0.4, -0.2) is 31.0 Å². The topological polar surface area (TPSA) is 21.3 Å². The van der Waals surface area contributed by atoms with Crippen molar-refractivity contribution in [2.75, 3.05) is 13.2 Å². The van der Waals surface area contributed by atoms with E-state index in [1.54, 1.807) is 0 Å². The summed E-state index contributed by atoms with van der Waals surface area (Å²) in [5, 5.41) is 2.55. The third-order valence-electron chi connectivity index (χ3n) is 2.93. The van der Waals surface area contributed by atoms with Crippen LogP contribution in [0.15, 0.2) is 0 Å². The molecular formula is C10H18F3NO. The van der Waals surface area contributed by atoms with Gasteiger partial charge in [-0.05, 0) is 26.2 Å². The third kappa shape index (κ3) is 4.38. The predicted molar refractivity (Wildman–Crippen MR) is 51.7 cm³/mol. The smallest absolute Gasteiger partial charge is 0.375 e. The zero-order valence-electron chi connectivity index (χ0n) is 9.16. The van der Waals surface area contributed by atoms with Gasteiger partial charge in [-0.2, -0.15) is 13.2 Å². The molecule has 2 nitrogen and oxygen atoms in total. The molecule has 0 aromatic heterocycles. The Balaban J connectivity index is 2.37. The van der Waals surface area contributed by atoms with Gasteiger partial charge in [0, 0.05) is 12.6 Å². The van der Waals surface area contributed by atoms with Gasteiger partial charge in [0.15, 0.2) is 0 Å². The maximum Gasteiger partial charge on any atom is 0.401 e. The van der Waals surface area contributed by atoms with E-state index in [9.17, 15) is 13.2 Å². The number of alkyl halides is 3. The first-order valence-electron chi connectivity index (χ1n) is 5.29. The van der Waals surface area contributed by atoms with Gasteiger partial charge < -0.3 is 10.1 Å². The lowest BCUT2D eigenvalue weighted by Gasteiger charge is -2.38. The van der Waals surface area contributed by atoms with Crippen molar-refractivity contribution >= 4 is 0 Å². The van der Waals surface area contributed by atoms with Crippen molar-refractivity contribution in [2.45, 2.75) is 50.9 Å². The summed E-state index contributed by atoms with van der Waals surface area (Å²) < 4.78 is 41.5. The molecule has 1 saturated heterocycles. The van der Waals surface area contributed by atoms with Crippen LogP contribution in [0.5, 0.6) is 0 Å². The van der Waals surface area contributed by atoms with Crippen molar-refractivity contribution < 1.29 is 17.9 Å². The Bertz CT molecular complexity index is 207. The minimum absolute atomic E-state index is 0.0784. The van der Waals surface area contributed by atoms with Gasteiger partial charge in [-0.15, -0.1) is 0 Å². The van der Waals surface area contributed by atoms with Crippen LogP contribution in [0.1, 0.15) is 33.1 Å². The van der Waals surface area contributed by atoms with E-state index in [4.69, 9.17) is 4.74 Å². The highest BCUT2D eigenvalue weighted by atomic mass is 19.4. The van der Waals surface area contributed by atoms with Crippen LogP contribution in [0.2, 0.25) is 0 Å². The van der Waals surface area contributed by atoms with Gasteiger partial charge >= 0.3 is 6.18 Å². The average Bonchev–Trinajstić information content (AvgIpc) is 2.14. The minimum atomic E-state index is -4.12. The summed E-state index contributed by atoms with van der Waals surface area (Å²) in [6.45, 7) is 3.58. The molecule has 1 rings (SSSR count). The van der Waals surface area contributed by atoms with Crippen LogP contribution < -0.4 is 5.32 Å². The molecule has 90 valence electrons. The molecule has 0 bridgehead atoms. The molecule has 1 heterocycles. The number of rotatable bonds is 3. The summed E-state index contributed by atoms with van der Waals surface area (Å²) in [7, 11) is 0. The molecule has 2 unspecified atom stereocenters. The van der Waals surface area contributed by atoms with Crippen LogP contribution in [0.3, 0.4) is 0 Å². The number of hydrogen-bond acceptors (Lipinski definition) is 2. The lowest BCUT2D eigenvalue weighted by Crippen LogP contribution is -2.47. The standard InChI is InChI=1S/C10H18F3NO/c1-3-9(2)6-8(4-5-15-9)14-7-10(11,12)13/h8,14H,3-7H2,1-2H3. The predicted octanol–water partition coefficient (Wildman–Crippen LogP) is 2.49. The Morgan fingerprint density at radius 1 is 1.47 bits per heavy atom. The molecule has 1 aliphatic heterocycles. The van der Waals surface area contributed by atoms with Gasteiger partial charge in [-0.3, -0.25) is 0 Å². The molecule has 1 fully saturated rings. The van der Waals surface area contributed by atoms with Crippen LogP contribution in [-0.2, 0) is 4.74 Å². The van der Waals surface area contributed by atoms with E-state index < -0.39 is 12.7 Å². The van der Waals surface area contributed by atoms with Crippen molar-refractivity contribution in [3.05, 3.63) is 0 Å². The second-order valence-corrected chi connectivity index (χ2v) is 4.34. The Morgan fingerprint density at radius 3 is 2.67 bits per heavy atom. The molecule has 0 saturated carbocycles. The molecule has 1 aliphatic rings. The van der Waals surface area contributed by atoms with Gasteiger partial charge in [0.25, 0.3) is 0 Å². The molecule has 5 heteroatoms. The van der Waals surface area contributed by atoms with Crippen LogP contribution >= 0.6 is 0 Å². The van der Waals surface area contributed by atoms with Gasteiger partial charge in [0.2, 0.25) is 0 Å². The van der Waals surface area contributed by atoms with Crippen LogP contribution in [0, 0.1) is 0 Å². The maximum absolute atomic E-state index is 12.0. The quantitative estimate of drug-likeness (QED) is 0.796. The zero-order chi connectivity index (χ0) is 11.5. The van der Waals surface area contributed by atoms with Crippen LogP contribution in [0.4, 0.5) is 13.2 Å². The van der Waals surface area contributed by atoms with Crippen molar-refractivity contribution in [1.29, 1.82) is 0 Å². The normalized spacial score (nSPS) is 33.0. The summed E-state index contributed by atoms with van der Waals surface area (Å²) in [6, 6.07) is -0.0784. The van der Waals surface area contributed by atoms with Gasteiger partial charge in [-0.25, -0.2) is 0 Å². The van der Waals surface area contributed by atoms with Crippen LogP contribution in [0.25, 0.3) is 0 Å². The van der Waals surface area contributed by atoms with Crippen molar-refractivity contribution in [1.82, 2.24) is 5.32 Å². The number of halogens is 3. The monoisotopic (exact) mass is 225 g/mol. The van der Waals surface area contributed by atoms with E-state index in [2.05, 4.69) is 5.32 Å². The lowest BCUT2D eigenvalue weighted by molar-refractivity contribution is -0.132. The summed E-state index contributed by atoms with van der Waals surface area (Å²) in [4.78, 5) is 0. The summed E-state index contributed by atoms with van der Waals surface area (Å²) >= 11 is 0. The Hall–Kier alpha value is -0.290. The molecule has 15 heavy (non-hydrogen) atoms. The minimum Gasteiger partial charge on any atom is -0.375 e. The molecule has 0 amide bonds. The van der Waals surface area contributed by atoms with Gasteiger partial charge in [-0.1, -0.05) is 6.92 Å². The molecule has 1 N–H and O–H groups in total. The maximum atomic E-state index is 12.0. The number of ether oxygens (including phenoxy) is 1. The fourth-order valence-corrected chi connectivity index (χ4v) is 1.81. The number of nitrogens with one attached hydrogen (secondary N) is 1. The second kappa shape index (κ2) is 4.70. The molecule has 0 aromatic rings. The van der Waals surface area contributed by atoms with E-state index in [1.807, 2.05) is 13.8 Å². The van der Waals surface area contributed by atoms with Gasteiger partial charge in [0.05, 0.1) is 12.1 Å². The molecule has 2 atom stereocenters. The van der Waals surface area contributed by atoms with E-state index in [-0.39, 0.29) is 11.6 Å². The molecular weight excluding hydrogens is 207 g/mol. The SMILES string of the molecule is CCC1(C)CC(NCC(F)(F)F)CCO1. The molecule has 0 aromatic carbocycles. The Labute approximate surface area is 88.2 Å². The Kier molecular flexibility index (Phi) is 4.00. The fraction of sp³-hybridized carbons (Fsp3) is 1.00.